The Kier molecular flexibility index (Phi) is 1.38. The number of hydrogen-bond acceptors (Lipinski definition) is 0. The molecule has 0 amide bonds. The molecule has 0 nitrogen and oxygen atoms in total. The van der Waals surface area contributed by atoms with Gasteiger partial charge in [0, 0.05) is 5.41 Å². The molecule has 0 bridgehead atoms. The highest BCUT2D eigenvalue weighted by Crippen LogP contribution is 2.66. The van der Waals surface area contributed by atoms with E-state index in [9.17, 15) is 0 Å². The molecule has 1 aliphatic rings. The fourth-order valence-corrected chi connectivity index (χ4v) is 1.72. The van der Waals surface area contributed by atoms with Crippen LogP contribution in [0.2, 0.25) is 0 Å². The Balaban J connectivity index is 2.74. The summed E-state index contributed by atoms with van der Waals surface area (Å²) >= 11 is 11.7. The number of hydrogen-bond donors (Lipinski definition) is 0. The van der Waals surface area contributed by atoms with E-state index in [1.165, 1.54) is 0 Å². The molecule has 9 heavy (non-hydrogen) atoms. The summed E-state index contributed by atoms with van der Waals surface area (Å²) < 4.78 is -0.529. The minimum absolute atomic E-state index is 0.0177. The maximum Gasteiger partial charge on any atom is 0.128 e. The first-order valence-corrected chi connectivity index (χ1v) is 3.69. The van der Waals surface area contributed by atoms with Gasteiger partial charge in [-0.25, -0.2) is 0 Å². The predicted molar refractivity (Wildman–Crippen MR) is 42.0 cm³/mol. The second-order valence-corrected chi connectivity index (χ2v) is 4.48. The van der Waals surface area contributed by atoms with Gasteiger partial charge >= 0.3 is 0 Å². The monoisotopic (exact) mass is 164 g/mol. The smallest absolute Gasteiger partial charge is 0.101 e. The second-order valence-electron chi connectivity index (χ2n) is 2.99. The molecule has 0 aromatic rings. The van der Waals surface area contributed by atoms with Crippen molar-refractivity contribution in [1.82, 2.24) is 0 Å². The molecule has 1 atom stereocenters. The van der Waals surface area contributed by atoms with Crippen molar-refractivity contribution in [3.8, 4) is 0 Å². The zero-order valence-corrected chi connectivity index (χ0v) is 7.18. The Bertz CT molecular complexity index is 160. The Morgan fingerprint density at radius 2 is 1.89 bits per heavy atom. The summed E-state index contributed by atoms with van der Waals surface area (Å²) in [6.07, 6.45) is 0.846. The lowest BCUT2D eigenvalue weighted by atomic mass is 10.0. The van der Waals surface area contributed by atoms with E-state index >= 15 is 0 Å². The Morgan fingerprint density at radius 3 is 1.89 bits per heavy atom. The molecule has 0 radical (unpaired) electrons. The van der Waals surface area contributed by atoms with Crippen LogP contribution in [-0.4, -0.2) is 4.33 Å². The molecule has 0 unspecified atom stereocenters. The highest BCUT2D eigenvalue weighted by atomic mass is 35.5. The third-order valence-corrected chi connectivity index (χ3v) is 3.30. The molecule has 0 aromatic carbocycles. The molecule has 1 rings (SSSR count). The van der Waals surface area contributed by atoms with Gasteiger partial charge in [-0.15, -0.1) is 23.2 Å². The predicted octanol–water partition coefficient (Wildman–Crippen LogP) is 3.15. The summed E-state index contributed by atoms with van der Waals surface area (Å²) in [5.41, 5.74) is 1.06. The molecule has 1 aliphatic carbocycles. The molecule has 1 saturated carbocycles. The topological polar surface area (TPSA) is 0 Å². The molecule has 0 spiro atoms. The van der Waals surface area contributed by atoms with E-state index < -0.39 is 4.33 Å². The SMILES string of the molecule is C=C(C)[C@]1(C)CC1(Cl)Cl. The van der Waals surface area contributed by atoms with Crippen molar-refractivity contribution in [3.63, 3.8) is 0 Å². The fraction of sp³-hybridized carbons (Fsp3) is 0.714. The van der Waals surface area contributed by atoms with Gasteiger partial charge in [0.1, 0.15) is 4.33 Å². The lowest BCUT2D eigenvalue weighted by molar-refractivity contribution is 0.680. The van der Waals surface area contributed by atoms with Gasteiger partial charge in [-0.1, -0.05) is 19.1 Å². The van der Waals surface area contributed by atoms with Crippen molar-refractivity contribution in [2.75, 3.05) is 0 Å². The first-order valence-electron chi connectivity index (χ1n) is 2.94. The van der Waals surface area contributed by atoms with E-state index in [1.807, 2.05) is 13.8 Å². The van der Waals surface area contributed by atoms with Crippen molar-refractivity contribution in [3.05, 3.63) is 12.2 Å². The van der Waals surface area contributed by atoms with Crippen LogP contribution in [0.15, 0.2) is 12.2 Å². The van der Waals surface area contributed by atoms with Gasteiger partial charge in [0.2, 0.25) is 0 Å². The van der Waals surface area contributed by atoms with E-state index in [0.29, 0.717) is 0 Å². The van der Waals surface area contributed by atoms with Gasteiger partial charge in [0.05, 0.1) is 0 Å². The molecule has 52 valence electrons. The molecule has 0 N–H and O–H groups in total. The summed E-state index contributed by atoms with van der Waals surface area (Å²) in [7, 11) is 0. The van der Waals surface area contributed by atoms with E-state index in [2.05, 4.69) is 6.58 Å². The molecular weight excluding hydrogens is 155 g/mol. The van der Waals surface area contributed by atoms with Gasteiger partial charge in [-0.3, -0.25) is 0 Å². The van der Waals surface area contributed by atoms with Crippen LogP contribution in [0, 0.1) is 5.41 Å². The average Bonchev–Trinajstić information content (AvgIpc) is 2.08. The zero-order valence-electron chi connectivity index (χ0n) is 5.67. The summed E-state index contributed by atoms with van der Waals surface area (Å²) in [6, 6.07) is 0. The van der Waals surface area contributed by atoms with Gasteiger partial charge in [-0.2, -0.15) is 0 Å². The first-order chi connectivity index (χ1) is 3.90. The minimum atomic E-state index is -0.529. The van der Waals surface area contributed by atoms with Gasteiger partial charge in [0.15, 0.2) is 0 Å². The maximum atomic E-state index is 5.85. The number of halogens is 2. The first kappa shape index (κ1) is 7.43. The molecule has 0 saturated heterocycles. The second kappa shape index (κ2) is 1.67. The largest absolute Gasteiger partial charge is 0.128 e. The van der Waals surface area contributed by atoms with Crippen molar-refractivity contribution >= 4 is 23.2 Å². The van der Waals surface area contributed by atoms with Crippen LogP contribution in [0.4, 0.5) is 0 Å². The van der Waals surface area contributed by atoms with Crippen LogP contribution >= 0.6 is 23.2 Å². The Hall–Kier alpha value is 0.320. The quantitative estimate of drug-likeness (QED) is 0.413. The molecule has 1 fully saturated rings. The minimum Gasteiger partial charge on any atom is -0.101 e. The molecular formula is C7H10Cl2. The van der Waals surface area contributed by atoms with Crippen molar-refractivity contribution < 1.29 is 0 Å². The molecule has 0 heterocycles. The van der Waals surface area contributed by atoms with Crippen molar-refractivity contribution in [2.24, 2.45) is 5.41 Å². The number of allylic oxidation sites excluding steroid dienone is 1. The van der Waals surface area contributed by atoms with Crippen LogP contribution < -0.4 is 0 Å². The van der Waals surface area contributed by atoms with Crippen LogP contribution in [-0.2, 0) is 0 Å². The normalized spacial score (nSPS) is 38.2. The van der Waals surface area contributed by atoms with E-state index in [4.69, 9.17) is 23.2 Å². The van der Waals surface area contributed by atoms with Gasteiger partial charge in [0.25, 0.3) is 0 Å². The van der Waals surface area contributed by atoms with Crippen molar-refractivity contribution in [1.29, 1.82) is 0 Å². The van der Waals surface area contributed by atoms with Gasteiger partial charge < -0.3 is 0 Å². The van der Waals surface area contributed by atoms with E-state index in [-0.39, 0.29) is 5.41 Å². The van der Waals surface area contributed by atoms with Crippen molar-refractivity contribution in [2.45, 2.75) is 24.6 Å². The highest BCUT2D eigenvalue weighted by molar-refractivity contribution is 6.51. The standard InChI is InChI=1S/C7H10Cl2/c1-5(2)6(3)4-7(6,8)9/h1,4H2,2-3H3/t6-/m0/s1. The average molecular weight is 165 g/mol. The summed E-state index contributed by atoms with van der Waals surface area (Å²) in [4.78, 5) is 0. The third kappa shape index (κ3) is 0.890. The highest BCUT2D eigenvalue weighted by Gasteiger charge is 2.63. The van der Waals surface area contributed by atoms with Crippen LogP contribution in [0.3, 0.4) is 0 Å². The Morgan fingerprint density at radius 1 is 1.56 bits per heavy atom. The molecule has 2 heteroatoms. The van der Waals surface area contributed by atoms with E-state index in [1.54, 1.807) is 0 Å². The Labute approximate surface area is 65.8 Å². The fourth-order valence-electron chi connectivity index (χ4n) is 0.863. The lowest BCUT2D eigenvalue weighted by Crippen LogP contribution is -2.04. The van der Waals surface area contributed by atoms with Crippen LogP contribution in [0.1, 0.15) is 20.3 Å². The van der Waals surface area contributed by atoms with Gasteiger partial charge in [-0.05, 0) is 13.3 Å². The maximum absolute atomic E-state index is 5.85. The number of alkyl halides is 2. The zero-order chi connectivity index (χ0) is 7.28. The van der Waals surface area contributed by atoms with E-state index in [0.717, 1.165) is 12.0 Å². The summed E-state index contributed by atoms with van der Waals surface area (Å²) in [5.74, 6) is 0. The lowest BCUT2D eigenvalue weighted by Gasteiger charge is -2.09. The van der Waals surface area contributed by atoms with Crippen LogP contribution in [0.5, 0.6) is 0 Å². The third-order valence-electron chi connectivity index (χ3n) is 2.20. The summed E-state index contributed by atoms with van der Waals surface area (Å²) in [6.45, 7) is 7.82. The van der Waals surface area contributed by atoms with Crippen LogP contribution in [0.25, 0.3) is 0 Å². The molecule has 0 aromatic heterocycles. The molecule has 0 aliphatic heterocycles. The summed E-state index contributed by atoms with van der Waals surface area (Å²) in [5, 5.41) is 0. The number of rotatable bonds is 1.